The lowest BCUT2D eigenvalue weighted by Crippen LogP contribution is -2.27. The summed E-state index contributed by atoms with van der Waals surface area (Å²) in [5, 5.41) is 5.67. The molecule has 2 atom stereocenters. The monoisotopic (exact) mass is 534 g/mol. The molecule has 10 heteroatoms. The summed E-state index contributed by atoms with van der Waals surface area (Å²) in [6, 6.07) is 12.5. The summed E-state index contributed by atoms with van der Waals surface area (Å²) in [5.41, 5.74) is 5.80. The van der Waals surface area contributed by atoms with Crippen molar-refractivity contribution in [2.45, 2.75) is 26.4 Å². The van der Waals surface area contributed by atoms with E-state index in [0.717, 1.165) is 10.3 Å². The first kappa shape index (κ1) is 27.0. The van der Waals surface area contributed by atoms with E-state index >= 15 is 0 Å². The molecule has 7 nitrogen and oxygen atoms in total. The van der Waals surface area contributed by atoms with E-state index in [1.54, 1.807) is 62.6 Å². The molecule has 0 spiro atoms. The van der Waals surface area contributed by atoms with Crippen LogP contribution in [0.1, 0.15) is 37.6 Å². The largest absolute Gasteiger partial charge is 0.438 e. The first-order chi connectivity index (χ1) is 16.4. The Morgan fingerprint density at radius 2 is 1.97 bits per heavy atom. The molecule has 1 aromatic heterocycles. The van der Waals surface area contributed by atoms with Crippen molar-refractivity contribution in [1.29, 1.82) is 0 Å². The summed E-state index contributed by atoms with van der Waals surface area (Å²) < 4.78 is 25.3. The fourth-order valence-corrected chi connectivity index (χ4v) is 6.15. The Labute approximate surface area is 213 Å². The van der Waals surface area contributed by atoms with Gasteiger partial charge in [-0.15, -0.1) is 11.3 Å². The van der Waals surface area contributed by atoms with E-state index in [2.05, 4.69) is 5.32 Å². The summed E-state index contributed by atoms with van der Waals surface area (Å²) in [7, 11) is -3.68. The van der Waals surface area contributed by atoms with E-state index in [0.29, 0.717) is 21.7 Å². The van der Waals surface area contributed by atoms with Crippen LogP contribution >= 0.6 is 30.3 Å². The number of hydrogen-bond donors (Lipinski definition) is 2. The molecule has 2 aromatic carbocycles. The number of ether oxygens (including phenoxy) is 1. The van der Waals surface area contributed by atoms with Gasteiger partial charge in [-0.05, 0) is 79.1 Å². The molecule has 1 heterocycles. The van der Waals surface area contributed by atoms with Crippen LogP contribution in [0, 0.1) is 5.41 Å². The zero-order chi connectivity index (χ0) is 25.8. The van der Waals surface area contributed by atoms with Gasteiger partial charge in [0.15, 0.2) is 6.79 Å². The summed E-state index contributed by atoms with van der Waals surface area (Å²) in [6.45, 7) is 5.93. The van der Waals surface area contributed by atoms with Gasteiger partial charge in [0.05, 0.1) is 5.41 Å². The van der Waals surface area contributed by atoms with Gasteiger partial charge in [0, 0.05) is 28.3 Å². The molecule has 0 aliphatic heterocycles. The van der Waals surface area contributed by atoms with E-state index in [9.17, 15) is 14.2 Å². The highest BCUT2D eigenvalue weighted by atomic mass is 35.5. The molecule has 3 N–H and O–H groups in total. The van der Waals surface area contributed by atoms with Crippen molar-refractivity contribution in [3.63, 3.8) is 0 Å². The number of benzene rings is 2. The van der Waals surface area contributed by atoms with Gasteiger partial charge in [-0.1, -0.05) is 23.7 Å². The zero-order valence-electron chi connectivity index (χ0n) is 19.9. The number of nitrogens with one attached hydrogen (secondary N) is 1. The molecule has 0 fully saturated rings. The molecule has 3 aromatic rings. The second-order valence-corrected chi connectivity index (χ2v) is 13.0. The minimum absolute atomic E-state index is 0.490. The predicted octanol–water partition coefficient (Wildman–Crippen LogP) is 6.44. The standard InChI is InChI=1S/C25H28ClN2O5PS/c1-25(2,3)24(30)32-15-33-34(4,31)22(20-14-35-21-9-8-17(26)13-19(20)21)23(29)28-11-10-16-6-5-7-18(27)12-16/h5-14,22H,15,27H2,1-4H3,(H,28,29)/b11-10+. The fourth-order valence-electron chi connectivity index (χ4n) is 3.28. The Balaban J connectivity index is 1.89. The lowest BCUT2D eigenvalue weighted by Gasteiger charge is -2.24. The first-order valence-corrected chi connectivity index (χ1v) is 14.2. The van der Waals surface area contributed by atoms with Crippen molar-refractivity contribution in [1.82, 2.24) is 5.32 Å². The number of anilines is 1. The molecule has 0 aliphatic carbocycles. The number of halogens is 1. The van der Waals surface area contributed by atoms with Crippen LogP contribution < -0.4 is 11.1 Å². The van der Waals surface area contributed by atoms with Crippen LogP contribution in [-0.2, 0) is 23.4 Å². The fraction of sp³-hybridized carbons (Fsp3) is 0.280. The third-order valence-corrected chi connectivity index (χ3v) is 8.39. The molecule has 0 aliphatic rings. The predicted molar refractivity (Wildman–Crippen MR) is 143 cm³/mol. The van der Waals surface area contributed by atoms with Gasteiger partial charge in [-0.2, -0.15) is 0 Å². The number of amides is 1. The number of thiophene rings is 1. The van der Waals surface area contributed by atoms with E-state index in [1.807, 2.05) is 12.1 Å². The lowest BCUT2D eigenvalue weighted by atomic mass is 9.98. The number of carbonyl (C=O) groups excluding carboxylic acids is 2. The normalized spacial score (nSPS) is 14.5. The number of nitrogens with two attached hydrogens (primary N) is 1. The molecule has 186 valence electrons. The van der Waals surface area contributed by atoms with Crippen LogP contribution in [0.5, 0.6) is 0 Å². The van der Waals surface area contributed by atoms with E-state index in [4.69, 9.17) is 26.6 Å². The van der Waals surface area contributed by atoms with Crippen molar-refractivity contribution >= 4 is 64.0 Å². The van der Waals surface area contributed by atoms with E-state index in [-0.39, 0.29) is 0 Å². The van der Waals surface area contributed by atoms with E-state index in [1.165, 1.54) is 24.2 Å². The van der Waals surface area contributed by atoms with Crippen LogP contribution in [0.3, 0.4) is 0 Å². The Hall–Kier alpha value is -2.64. The van der Waals surface area contributed by atoms with Gasteiger partial charge in [0.2, 0.25) is 13.3 Å². The molecule has 0 saturated heterocycles. The number of rotatable bonds is 8. The Kier molecular flexibility index (Phi) is 8.44. The third-order valence-electron chi connectivity index (χ3n) is 5.10. The van der Waals surface area contributed by atoms with Crippen molar-refractivity contribution in [3.05, 3.63) is 70.2 Å². The summed E-state index contributed by atoms with van der Waals surface area (Å²) in [4.78, 5) is 25.4. The Bertz CT molecular complexity index is 1310. The maximum Gasteiger partial charge on any atom is 0.313 e. The van der Waals surface area contributed by atoms with Crippen LogP contribution in [0.4, 0.5) is 5.69 Å². The first-order valence-electron chi connectivity index (χ1n) is 10.8. The van der Waals surface area contributed by atoms with Crippen molar-refractivity contribution < 1.29 is 23.4 Å². The van der Waals surface area contributed by atoms with Crippen LogP contribution in [0.15, 0.2) is 54.0 Å². The molecule has 3 rings (SSSR count). The van der Waals surface area contributed by atoms with Gasteiger partial charge in [-0.3, -0.25) is 18.7 Å². The molecular formula is C25H28ClN2O5PS. The highest BCUT2D eigenvalue weighted by Crippen LogP contribution is 2.59. The number of esters is 1. The second-order valence-electron chi connectivity index (χ2n) is 9.08. The summed E-state index contributed by atoms with van der Waals surface area (Å²) in [5.74, 6) is -1.03. The SMILES string of the molecule is CC(C)(C)C(=O)OCOP(C)(=O)C(C(=O)N/C=C/c1cccc(N)c1)c1csc2ccc(Cl)cc12. The highest BCUT2D eigenvalue weighted by molar-refractivity contribution is 7.59. The maximum absolute atomic E-state index is 13.7. The lowest BCUT2D eigenvalue weighted by molar-refractivity contribution is -0.159. The topological polar surface area (TPSA) is 108 Å². The third kappa shape index (κ3) is 6.95. The molecule has 0 saturated carbocycles. The molecule has 1 amide bonds. The number of hydrogen-bond acceptors (Lipinski definition) is 7. The number of carbonyl (C=O) groups is 2. The quantitative estimate of drug-likeness (QED) is 0.149. The molecular weight excluding hydrogens is 507 g/mol. The van der Waals surface area contributed by atoms with Crippen molar-refractivity contribution in [3.8, 4) is 0 Å². The molecule has 0 bridgehead atoms. The summed E-state index contributed by atoms with van der Waals surface area (Å²) in [6.07, 6.45) is 3.14. The number of fused-ring (bicyclic) bond motifs is 1. The van der Waals surface area contributed by atoms with E-state index < -0.39 is 37.1 Å². The average Bonchev–Trinajstić information content (AvgIpc) is 3.15. The van der Waals surface area contributed by atoms with Crippen LogP contribution in [0.25, 0.3) is 16.2 Å². The Morgan fingerprint density at radius 1 is 1.23 bits per heavy atom. The molecule has 0 radical (unpaired) electrons. The van der Waals surface area contributed by atoms with Crippen molar-refractivity contribution in [2.24, 2.45) is 5.41 Å². The van der Waals surface area contributed by atoms with Gasteiger partial charge in [-0.25, -0.2) is 0 Å². The van der Waals surface area contributed by atoms with Gasteiger partial charge >= 0.3 is 5.97 Å². The summed E-state index contributed by atoms with van der Waals surface area (Å²) >= 11 is 7.60. The van der Waals surface area contributed by atoms with Gasteiger partial charge in [0.1, 0.15) is 5.66 Å². The smallest absolute Gasteiger partial charge is 0.313 e. The Morgan fingerprint density at radius 3 is 2.66 bits per heavy atom. The second kappa shape index (κ2) is 11.0. The number of nitrogen functional groups attached to an aromatic ring is 1. The molecule has 35 heavy (non-hydrogen) atoms. The van der Waals surface area contributed by atoms with Gasteiger partial charge in [0.25, 0.3) is 0 Å². The molecule has 2 unspecified atom stereocenters. The van der Waals surface area contributed by atoms with Crippen LogP contribution in [0.2, 0.25) is 5.02 Å². The van der Waals surface area contributed by atoms with Crippen LogP contribution in [-0.4, -0.2) is 25.3 Å². The zero-order valence-corrected chi connectivity index (χ0v) is 22.4. The maximum atomic E-state index is 13.7. The highest BCUT2D eigenvalue weighted by Gasteiger charge is 2.39. The van der Waals surface area contributed by atoms with Gasteiger partial charge < -0.3 is 15.8 Å². The minimum Gasteiger partial charge on any atom is -0.438 e. The minimum atomic E-state index is -3.68. The average molecular weight is 535 g/mol. The van der Waals surface area contributed by atoms with Crippen molar-refractivity contribution in [2.75, 3.05) is 19.2 Å².